The monoisotopic (exact) mass is 396 g/mol. The second-order valence-electron chi connectivity index (χ2n) is 6.95. The summed E-state index contributed by atoms with van der Waals surface area (Å²) in [5, 5.41) is 0. The van der Waals surface area contributed by atoms with Gasteiger partial charge in [-0.25, -0.2) is 9.29 Å². The number of ether oxygens (including phenoxy) is 2. The van der Waals surface area contributed by atoms with Crippen LogP contribution in [-0.2, 0) is 14.3 Å². The first-order valence-electron chi connectivity index (χ1n) is 9.37. The molecule has 0 saturated carbocycles. The molecular formula is C22H21FN2O4. The second-order valence-corrected chi connectivity index (χ2v) is 6.95. The Hall–Kier alpha value is -3.19. The fraction of sp³-hybridized carbons (Fsp3) is 0.273. The molecule has 2 heterocycles. The van der Waals surface area contributed by atoms with Gasteiger partial charge in [-0.3, -0.25) is 9.59 Å². The summed E-state index contributed by atoms with van der Waals surface area (Å²) in [6, 6.07) is 10.9. The molecule has 1 fully saturated rings. The number of hydrogen-bond donors (Lipinski definition) is 0. The molecule has 0 unspecified atom stereocenters. The summed E-state index contributed by atoms with van der Waals surface area (Å²) in [5.74, 6) is -0.845. The maximum atomic E-state index is 13.5. The number of imide groups is 1. The van der Waals surface area contributed by atoms with Gasteiger partial charge in [-0.15, -0.1) is 0 Å². The molecule has 0 aliphatic carbocycles. The van der Waals surface area contributed by atoms with Crippen molar-refractivity contribution in [3.05, 3.63) is 65.1 Å². The molecule has 0 atom stereocenters. The highest BCUT2D eigenvalue weighted by molar-refractivity contribution is 6.45. The summed E-state index contributed by atoms with van der Waals surface area (Å²) < 4.78 is 24.3. The lowest BCUT2D eigenvalue weighted by atomic mass is 10.0. The number of amides is 2. The molecule has 0 N–H and O–H groups in total. The van der Waals surface area contributed by atoms with Crippen molar-refractivity contribution in [2.24, 2.45) is 0 Å². The number of benzene rings is 2. The van der Waals surface area contributed by atoms with E-state index in [0.717, 1.165) is 10.5 Å². The summed E-state index contributed by atoms with van der Waals surface area (Å²) in [5.41, 5.74) is 2.37. The van der Waals surface area contributed by atoms with Gasteiger partial charge < -0.3 is 14.4 Å². The Balaban J connectivity index is 1.86. The summed E-state index contributed by atoms with van der Waals surface area (Å²) in [4.78, 5) is 30.0. The molecule has 4 rings (SSSR count). The number of rotatable bonds is 4. The van der Waals surface area contributed by atoms with Crippen LogP contribution in [0.3, 0.4) is 0 Å². The molecule has 0 spiro atoms. The van der Waals surface area contributed by atoms with E-state index in [-0.39, 0.29) is 5.57 Å². The third-order valence-corrected chi connectivity index (χ3v) is 5.09. The first-order chi connectivity index (χ1) is 14.0. The summed E-state index contributed by atoms with van der Waals surface area (Å²) in [7, 11) is 1.50. The number of nitrogens with zero attached hydrogens (tertiary/aromatic N) is 2. The number of carbonyl (C=O) groups excluding carboxylic acids is 2. The predicted molar refractivity (Wildman–Crippen MR) is 106 cm³/mol. The van der Waals surface area contributed by atoms with Gasteiger partial charge in [-0.2, -0.15) is 0 Å². The third kappa shape index (κ3) is 3.38. The Morgan fingerprint density at radius 3 is 2.34 bits per heavy atom. The molecular weight excluding hydrogens is 375 g/mol. The van der Waals surface area contributed by atoms with E-state index < -0.39 is 17.6 Å². The van der Waals surface area contributed by atoms with Crippen LogP contribution in [0.1, 0.15) is 11.1 Å². The molecule has 2 aliphatic rings. The molecule has 29 heavy (non-hydrogen) atoms. The SMILES string of the molecule is COc1ccc(C)cc1N1C(=O)C(c2ccc(F)cc2)=C(N2CCOCC2)C1=O. The predicted octanol–water partition coefficient (Wildman–Crippen LogP) is 2.76. The Morgan fingerprint density at radius 1 is 1.00 bits per heavy atom. The van der Waals surface area contributed by atoms with Crippen molar-refractivity contribution in [2.45, 2.75) is 6.92 Å². The standard InChI is InChI=1S/C22H21FN2O4/c1-14-3-8-18(28-2)17(13-14)25-21(26)19(15-4-6-16(23)7-5-15)20(22(25)27)24-9-11-29-12-10-24/h3-8,13H,9-12H2,1-2H3. The summed E-state index contributed by atoms with van der Waals surface area (Å²) in [6.07, 6.45) is 0. The maximum Gasteiger partial charge on any atom is 0.282 e. The zero-order chi connectivity index (χ0) is 20.5. The highest BCUT2D eigenvalue weighted by Crippen LogP contribution is 2.39. The Morgan fingerprint density at radius 2 is 1.69 bits per heavy atom. The van der Waals surface area contributed by atoms with Crippen LogP contribution in [0.2, 0.25) is 0 Å². The van der Waals surface area contributed by atoms with E-state index in [1.807, 2.05) is 17.9 Å². The molecule has 150 valence electrons. The van der Waals surface area contributed by atoms with Crippen LogP contribution in [0, 0.1) is 12.7 Å². The first-order valence-corrected chi connectivity index (χ1v) is 9.37. The van der Waals surface area contributed by atoms with E-state index in [1.165, 1.54) is 31.4 Å². The molecule has 1 saturated heterocycles. The van der Waals surface area contributed by atoms with E-state index in [0.29, 0.717) is 49.0 Å². The number of hydrogen-bond acceptors (Lipinski definition) is 5. The molecule has 7 heteroatoms. The molecule has 0 radical (unpaired) electrons. The van der Waals surface area contributed by atoms with Gasteiger partial charge in [0.25, 0.3) is 11.8 Å². The van der Waals surface area contributed by atoms with Gasteiger partial charge in [-0.1, -0.05) is 18.2 Å². The van der Waals surface area contributed by atoms with Gasteiger partial charge in [0, 0.05) is 13.1 Å². The molecule has 0 aromatic heterocycles. The van der Waals surface area contributed by atoms with E-state index in [9.17, 15) is 14.0 Å². The average molecular weight is 396 g/mol. The molecule has 6 nitrogen and oxygen atoms in total. The van der Waals surface area contributed by atoms with E-state index in [2.05, 4.69) is 0 Å². The van der Waals surface area contributed by atoms with Crippen LogP contribution in [0.25, 0.3) is 5.57 Å². The molecule has 2 amide bonds. The highest BCUT2D eigenvalue weighted by atomic mass is 19.1. The molecule has 2 aliphatic heterocycles. The number of carbonyl (C=O) groups is 2. The summed E-state index contributed by atoms with van der Waals surface area (Å²) in [6.45, 7) is 3.81. The van der Waals surface area contributed by atoms with Gasteiger partial charge in [0.2, 0.25) is 0 Å². The van der Waals surface area contributed by atoms with E-state index >= 15 is 0 Å². The van der Waals surface area contributed by atoms with Crippen molar-refractivity contribution in [3.63, 3.8) is 0 Å². The smallest absolute Gasteiger partial charge is 0.282 e. The van der Waals surface area contributed by atoms with Gasteiger partial charge >= 0.3 is 0 Å². The number of halogens is 1. The Kier molecular flexibility index (Phi) is 5.07. The normalized spacial score (nSPS) is 17.3. The van der Waals surface area contributed by atoms with Crippen molar-refractivity contribution in [2.75, 3.05) is 38.3 Å². The van der Waals surface area contributed by atoms with Gasteiger partial charge in [0.15, 0.2) is 0 Å². The largest absolute Gasteiger partial charge is 0.495 e. The van der Waals surface area contributed by atoms with Crippen LogP contribution < -0.4 is 9.64 Å². The van der Waals surface area contributed by atoms with Crippen molar-refractivity contribution in [3.8, 4) is 5.75 Å². The lowest BCUT2D eigenvalue weighted by molar-refractivity contribution is -0.121. The van der Waals surface area contributed by atoms with Gasteiger partial charge in [-0.05, 0) is 42.3 Å². The second kappa shape index (κ2) is 7.67. The highest BCUT2D eigenvalue weighted by Gasteiger charge is 2.43. The van der Waals surface area contributed by atoms with Crippen LogP contribution in [0.5, 0.6) is 5.75 Å². The Bertz CT molecular complexity index is 994. The number of aryl methyl sites for hydroxylation is 1. The van der Waals surface area contributed by atoms with Crippen molar-refractivity contribution < 1.29 is 23.5 Å². The number of methoxy groups -OCH3 is 1. The van der Waals surface area contributed by atoms with Crippen LogP contribution in [-0.4, -0.2) is 50.1 Å². The quantitative estimate of drug-likeness (QED) is 0.744. The zero-order valence-electron chi connectivity index (χ0n) is 16.3. The van der Waals surface area contributed by atoms with Crippen molar-refractivity contribution in [1.29, 1.82) is 0 Å². The zero-order valence-corrected chi connectivity index (χ0v) is 16.3. The first kappa shape index (κ1) is 19.1. The summed E-state index contributed by atoms with van der Waals surface area (Å²) >= 11 is 0. The van der Waals surface area contributed by atoms with Crippen molar-refractivity contribution in [1.82, 2.24) is 4.90 Å². The van der Waals surface area contributed by atoms with Crippen LogP contribution in [0.4, 0.5) is 10.1 Å². The van der Waals surface area contributed by atoms with Crippen molar-refractivity contribution >= 4 is 23.1 Å². The lowest BCUT2D eigenvalue weighted by Crippen LogP contribution is -2.40. The third-order valence-electron chi connectivity index (χ3n) is 5.09. The minimum Gasteiger partial charge on any atom is -0.495 e. The average Bonchev–Trinajstić information content (AvgIpc) is 2.99. The fourth-order valence-electron chi connectivity index (χ4n) is 3.67. The molecule has 2 aromatic rings. The number of anilines is 1. The van der Waals surface area contributed by atoms with Crippen LogP contribution in [0.15, 0.2) is 48.2 Å². The Labute approximate surface area is 168 Å². The van der Waals surface area contributed by atoms with E-state index in [4.69, 9.17) is 9.47 Å². The lowest BCUT2D eigenvalue weighted by Gasteiger charge is -2.29. The van der Waals surface area contributed by atoms with Gasteiger partial charge in [0.1, 0.15) is 17.3 Å². The molecule has 2 aromatic carbocycles. The van der Waals surface area contributed by atoms with Gasteiger partial charge in [0.05, 0.1) is 31.6 Å². The minimum atomic E-state index is -0.452. The number of morpholine rings is 1. The maximum absolute atomic E-state index is 13.5. The minimum absolute atomic E-state index is 0.264. The van der Waals surface area contributed by atoms with Crippen LogP contribution >= 0.6 is 0 Å². The topological polar surface area (TPSA) is 59.1 Å². The van der Waals surface area contributed by atoms with E-state index in [1.54, 1.807) is 12.1 Å². The fourth-order valence-corrected chi connectivity index (χ4v) is 3.67. The molecule has 0 bridgehead atoms.